The van der Waals surface area contributed by atoms with Crippen molar-refractivity contribution < 1.29 is 0 Å². The van der Waals surface area contributed by atoms with E-state index in [2.05, 4.69) is 48.1 Å². The van der Waals surface area contributed by atoms with Crippen LogP contribution in [0.3, 0.4) is 0 Å². The van der Waals surface area contributed by atoms with E-state index in [1.807, 2.05) is 0 Å². The molecule has 0 amide bonds. The van der Waals surface area contributed by atoms with E-state index in [0.717, 1.165) is 41.7 Å². The predicted octanol–water partition coefficient (Wildman–Crippen LogP) is 4.28. The van der Waals surface area contributed by atoms with Crippen LogP contribution in [0.15, 0.2) is 24.3 Å². The van der Waals surface area contributed by atoms with Crippen LogP contribution >= 0.6 is 12.2 Å². The molecule has 1 N–H and O–H groups in total. The Morgan fingerprint density at radius 3 is 2.80 bits per heavy atom. The number of nitrogens with one attached hydrogen (secondary N) is 1. The van der Waals surface area contributed by atoms with Gasteiger partial charge in [0, 0.05) is 17.2 Å². The van der Waals surface area contributed by atoms with Gasteiger partial charge in [-0.05, 0) is 43.7 Å². The lowest BCUT2D eigenvalue weighted by molar-refractivity contribution is 0.550. The first-order valence-corrected chi connectivity index (χ1v) is 7.76. The van der Waals surface area contributed by atoms with Gasteiger partial charge in [-0.2, -0.15) is 0 Å². The maximum atomic E-state index is 5.41. The van der Waals surface area contributed by atoms with Crippen LogP contribution in [-0.2, 0) is 19.3 Å². The van der Waals surface area contributed by atoms with Gasteiger partial charge in [0.1, 0.15) is 10.5 Å². The van der Waals surface area contributed by atoms with Crippen LogP contribution in [0, 0.1) is 11.6 Å². The smallest absolute Gasteiger partial charge is 0.132 e. The van der Waals surface area contributed by atoms with Gasteiger partial charge in [0.05, 0.1) is 0 Å². The molecular weight excluding hydrogens is 264 g/mol. The Balaban J connectivity index is 1.96. The van der Waals surface area contributed by atoms with Crippen molar-refractivity contribution in [3.05, 3.63) is 57.1 Å². The highest BCUT2D eigenvalue weighted by Gasteiger charge is 2.22. The van der Waals surface area contributed by atoms with E-state index < -0.39 is 0 Å². The summed E-state index contributed by atoms with van der Waals surface area (Å²) in [6.07, 6.45) is 4.34. The molecule has 2 nitrogen and oxygen atoms in total. The average Bonchev–Trinajstić information content (AvgIpc) is 2.49. The van der Waals surface area contributed by atoms with Crippen LogP contribution in [0.5, 0.6) is 0 Å². The molecule has 1 aromatic heterocycles. The number of rotatable bonds is 2. The summed E-state index contributed by atoms with van der Waals surface area (Å²) in [6.45, 7) is 4.22. The van der Waals surface area contributed by atoms with Crippen LogP contribution < -0.4 is 0 Å². The number of aryl methyl sites for hydroxylation is 2. The highest BCUT2D eigenvalue weighted by molar-refractivity contribution is 7.71. The minimum atomic E-state index is 0.470. The second-order valence-corrected chi connectivity index (χ2v) is 5.98. The summed E-state index contributed by atoms with van der Waals surface area (Å²) in [6, 6.07) is 8.74. The molecule has 0 aliphatic heterocycles. The van der Waals surface area contributed by atoms with E-state index >= 15 is 0 Å². The SMILES string of the molecule is CCc1[nH]c(C2CCc3ccccc3C2)nc(=S)c1C. The molecule has 3 heteroatoms. The molecule has 1 atom stereocenters. The Labute approximate surface area is 125 Å². The molecule has 0 spiro atoms. The summed E-state index contributed by atoms with van der Waals surface area (Å²) in [5, 5.41) is 0. The van der Waals surface area contributed by atoms with Crippen molar-refractivity contribution in [2.75, 3.05) is 0 Å². The first-order valence-electron chi connectivity index (χ1n) is 7.35. The lowest BCUT2D eigenvalue weighted by atomic mass is 9.83. The fraction of sp³-hybridized carbons (Fsp3) is 0.412. The van der Waals surface area contributed by atoms with Gasteiger partial charge in [-0.3, -0.25) is 0 Å². The van der Waals surface area contributed by atoms with Gasteiger partial charge in [-0.1, -0.05) is 43.4 Å². The maximum absolute atomic E-state index is 5.41. The molecule has 1 heterocycles. The fourth-order valence-electron chi connectivity index (χ4n) is 3.08. The molecule has 0 bridgehead atoms. The molecule has 1 aliphatic rings. The van der Waals surface area contributed by atoms with Gasteiger partial charge in [0.15, 0.2) is 0 Å². The minimum absolute atomic E-state index is 0.470. The Morgan fingerprint density at radius 1 is 1.30 bits per heavy atom. The van der Waals surface area contributed by atoms with Crippen LogP contribution in [0.1, 0.15) is 47.5 Å². The summed E-state index contributed by atoms with van der Waals surface area (Å²) in [4.78, 5) is 8.16. The molecule has 1 unspecified atom stereocenters. The Kier molecular flexibility index (Phi) is 3.70. The lowest BCUT2D eigenvalue weighted by Gasteiger charge is -2.24. The third-order valence-corrected chi connectivity index (χ3v) is 4.76. The monoisotopic (exact) mass is 284 g/mol. The molecule has 104 valence electrons. The van der Waals surface area contributed by atoms with Crippen LogP contribution in [0.4, 0.5) is 0 Å². The zero-order valence-corrected chi connectivity index (χ0v) is 12.9. The van der Waals surface area contributed by atoms with E-state index in [1.165, 1.54) is 16.8 Å². The van der Waals surface area contributed by atoms with Gasteiger partial charge < -0.3 is 4.98 Å². The largest absolute Gasteiger partial charge is 0.347 e. The summed E-state index contributed by atoms with van der Waals surface area (Å²) in [7, 11) is 0. The van der Waals surface area contributed by atoms with Crippen LogP contribution in [0.2, 0.25) is 0 Å². The third kappa shape index (κ3) is 2.42. The molecule has 0 fully saturated rings. The van der Waals surface area contributed by atoms with Crippen molar-refractivity contribution in [3.8, 4) is 0 Å². The molecule has 2 aromatic rings. The number of H-pyrrole nitrogens is 1. The molecular formula is C17H20N2S. The zero-order chi connectivity index (χ0) is 14.1. The summed E-state index contributed by atoms with van der Waals surface area (Å²) < 4.78 is 0.759. The summed E-state index contributed by atoms with van der Waals surface area (Å²) in [5.74, 6) is 1.55. The lowest BCUT2D eigenvalue weighted by Crippen LogP contribution is -2.16. The number of fused-ring (bicyclic) bond motifs is 1. The highest BCUT2D eigenvalue weighted by atomic mass is 32.1. The number of nitrogens with zero attached hydrogens (tertiary/aromatic N) is 1. The van der Waals surface area contributed by atoms with Gasteiger partial charge in [-0.15, -0.1) is 0 Å². The normalized spacial score (nSPS) is 17.8. The maximum Gasteiger partial charge on any atom is 0.132 e. The van der Waals surface area contributed by atoms with E-state index in [1.54, 1.807) is 0 Å². The molecule has 0 saturated heterocycles. The van der Waals surface area contributed by atoms with Crippen molar-refractivity contribution in [2.45, 2.75) is 45.4 Å². The molecule has 3 rings (SSSR count). The third-order valence-electron chi connectivity index (χ3n) is 4.36. The van der Waals surface area contributed by atoms with E-state index in [4.69, 9.17) is 12.2 Å². The highest BCUT2D eigenvalue weighted by Crippen LogP contribution is 2.31. The fourth-order valence-corrected chi connectivity index (χ4v) is 3.30. The minimum Gasteiger partial charge on any atom is -0.347 e. The molecule has 1 aliphatic carbocycles. The topological polar surface area (TPSA) is 28.7 Å². The Bertz CT molecular complexity index is 688. The first kappa shape index (κ1) is 13.5. The van der Waals surface area contributed by atoms with Crippen molar-refractivity contribution in [2.24, 2.45) is 0 Å². The summed E-state index contributed by atoms with van der Waals surface area (Å²) >= 11 is 5.41. The first-order chi connectivity index (χ1) is 9.69. The van der Waals surface area contributed by atoms with Crippen LogP contribution in [0.25, 0.3) is 0 Å². The van der Waals surface area contributed by atoms with Gasteiger partial charge in [-0.25, -0.2) is 4.98 Å². The van der Waals surface area contributed by atoms with E-state index in [9.17, 15) is 0 Å². The number of hydrogen-bond acceptors (Lipinski definition) is 2. The predicted molar refractivity (Wildman–Crippen MR) is 84.7 cm³/mol. The van der Waals surface area contributed by atoms with Gasteiger partial charge in [0.25, 0.3) is 0 Å². The standard InChI is InChI=1S/C17H20N2S/c1-3-15-11(2)17(20)19-16(18-15)14-9-8-12-6-4-5-7-13(12)10-14/h4-7,14H,3,8-10H2,1-2H3,(H,18,19,20). The van der Waals surface area contributed by atoms with Crippen molar-refractivity contribution in [3.63, 3.8) is 0 Å². The van der Waals surface area contributed by atoms with E-state index in [-0.39, 0.29) is 0 Å². The summed E-state index contributed by atoms with van der Waals surface area (Å²) in [5.41, 5.74) is 5.31. The van der Waals surface area contributed by atoms with Crippen molar-refractivity contribution >= 4 is 12.2 Å². The molecule has 0 radical (unpaired) electrons. The Hall–Kier alpha value is -1.48. The second-order valence-electron chi connectivity index (χ2n) is 5.59. The number of aromatic amines is 1. The van der Waals surface area contributed by atoms with Gasteiger partial charge >= 0.3 is 0 Å². The van der Waals surface area contributed by atoms with Crippen molar-refractivity contribution in [1.29, 1.82) is 0 Å². The second kappa shape index (κ2) is 5.49. The number of aromatic nitrogens is 2. The van der Waals surface area contributed by atoms with Gasteiger partial charge in [0.2, 0.25) is 0 Å². The number of benzene rings is 1. The quantitative estimate of drug-likeness (QED) is 0.834. The molecule has 0 saturated carbocycles. The number of hydrogen-bond donors (Lipinski definition) is 1. The van der Waals surface area contributed by atoms with Crippen molar-refractivity contribution in [1.82, 2.24) is 9.97 Å². The Morgan fingerprint density at radius 2 is 2.05 bits per heavy atom. The molecule has 1 aromatic carbocycles. The van der Waals surface area contributed by atoms with Crippen LogP contribution in [-0.4, -0.2) is 9.97 Å². The molecule has 20 heavy (non-hydrogen) atoms. The van der Waals surface area contributed by atoms with E-state index in [0.29, 0.717) is 5.92 Å². The zero-order valence-electron chi connectivity index (χ0n) is 12.1. The average molecular weight is 284 g/mol.